The molecule has 3 aliphatic heterocycles. The van der Waals surface area contributed by atoms with Crippen molar-refractivity contribution in [1.82, 2.24) is 15.5 Å². The van der Waals surface area contributed by atoms with Crippen LogP contribution >= 0.6 is 0 Å². The Labute approximate surface area is 165 Å². The summed E-state index contributed by atoms with van der Waals surface area (Å²) in [6.07, 6.45) is 2.79. The van der Waals surface area contributed by atoms with E-state index in [4.69, 9.17) is 0 Å². The van der Waals surface area contributed by atoms with Gasteiger partial charge in [-0.2, -0.15) is 0 Å². The van der Waals surface area contributed by atoms with Gasteiger partial charge >= 0.3 is 0 Å². The molecule has 2 aromatic carbocycles. The molecule has 4 atom stereocenters. The number of amides is 2. The van der Waals surface area contributed by atoms with E-state index >= 15 is 0 Å². The minimum atomic E-state index is -0.457. The minimum absolute atomic E-state index is 0.0503. The van der Waals surface area contributed by atoms with E-state index in [1.54, 1.807) is 0 Å². The lowest BCUT2D eigenvalue weighted by atomic mass is 9.76. The fourth-order valence-electron chi connectivity index (χ4n) is 5.42. The van der Waals surface area contributed by atoms with E-state index in [-0.39, 0.29) is 17.7 Å². The first-order chi connectivity index (χ1) is 13.7. The second-order valence-electron chi connectivity index (χ2n) is 8.27. The van der Waals surface area contributed by atoms with Gasteiger partial charge in [-0.15, -0.1) is 0 Å². The highest BCUT2D eigenvalue weighted by Gasteiger charge is 2.67. The molecule has 2 amide bonds. The van der Waals surface area contributed by atoms with Crippen molar-refractivity contribution in [3.8, 4) is 0 Å². The molecule has 3 aliphatic rings. The van der Waals surface area contributed by atoms with Gasteiger partial charge in [-0.05, 0) is 30.4 Å². The van der Waals surface area contributed by atoms with Crippen molar-refractivity contribution in [3.63, 3.8) is 0 Å². The Hall–Kier alpha value is -2.66. The lowest BCUT2D eigenvalue weighted by Gasteiger charge is -2.34. The summed E-state index contributed by atoms with van der Waals surface area (Å²) in [5.41, 5.74) is 1.72. The highest BCUT2D eigenvalue weighted by atomic mass is 16.2. The van der Waals surface area contributed by atoms with Crippen LogP contribution in [0.3, 0.4) is 0 Å². The molecule has 4 unspecified atom stereocenters. The Morgan fingerprint density at radius 1 is 1.07 bits per heavy atom. The SMILES string of the molecule is O=C(NCc1ccccc1)C1N(Cc2ccccc2)C(=O)C2CC3CCC21N3. The molecule has 0 aromatic heterocycles. The number of nitrogens with one attached hydrogen (secondary N) is 2. The van der Waals surface area contributed by atoms with Crippen LogP contribution in [0.1, 0.15) is 30.4 Å². The van der Waals surface area contributed by atoms with Crippen LogP contribution in [-0.2, 0) is 22.7 Å². The van der Waals surface area contributed by atoms with Crippen LogP contribution in [0.2, 0.25) is 0 Å². The summed E-state index contributed by atoms with van der Waals surface area (Å²) >= 11 is 0. The molecule has 28 heavy (non-hydrogen) atoms. The Balaban J connectivity index is 1.42. The normalized spacial score (nSPS) is 30.5. The number of nitrogens with zero attached hydrogens (tertiary/aromatic N) is 1. The molecule has 5 heteroatoms. The smallest absolute Gasteiger partial charge is 0.245 e. The largest absolute Gasteiger partial charge is 0.350 e. The third-order valence-electron chi connectivity index (χ3n) is 6.66. The van der Waals surface area contributed by atoms with E-state index in [0.717, 1.165) is 30.4 Å². The van der Waals surface area contributed by atoms with E-state index in [1.807, 2.05) is 65.6 Å². The summed E-state index contributed by atoms with van der Waals surface area (Å²) in [7, 11) is 0. The summed E-state index contributed by atoms with van der Waals surface area (Å²) < 4.78 is 0. The van der Waals surface area contributed by atoms with Gasteiger partial charge in [-0.3, -0.25) is 9.59 Å². The summed E-state index contributed by atoms with van der Waals surface area (Å²) in [6, 6.07) is 19.8. The Bertz CT molecular complexity index is 885. The third-order valence-corrected chi connectivity index (χ3v) is 6.66. The average Bonchev–Trinajstić information content (AvgIpc) is 3.37. The molecule has 2 aromatic rings. The quantitative estimate of drug-likeness (QED) is 0.842. The van der Waals surface area contributed by atoms with E-state index in [0.29, 0.717) is 19.1 Å². The first-order valence-electron chi connectivity index (χ1n) is 10.1. The number of carbonyl (C=O) groups excluding carboxylic acids is 2. The summed E-state index contributed by atoms with van der Waals surface area (Å²) in [5.74, 6) is -0.00784. The lowest BCUT2D eigenvalue weighted by Crippen LogP contribution is -2.58. The van der Waals surface area contributed by atoms with Gasteiger partial charge in [0.1, 0.15) is 6.04 Å². The molecule has 0 saturated carbocycles. The Morgan fingerprint density at radius 3 is 2.43 bits per heavy atom. The van der Waals surface area contributed by atoms with Crippen LogP contribution in [0.15, 0.2) is 60.7 Å². The van der Waals surface area contributed by atoms with Crippen LogP contribution in [0.5, 0.6) is 0 Å². The topological polar surface area (TPSA) is 61.4 Å². The minimum Gasteiger partial charge on any atom is -0.350 e. The third kappa shape index (κ3) is 2.73. The van der Waals surface area contributed by atoms with Crippen molar-refractivity contribution in [2.45, 2.75) is 50.0 Å². The van der Waals surface area contributed by atoms with Gasteiger partial charge in [-0.1, -0.05) is 60.7 Å². The molecule has 5 rings (SSSR count). The van der Waals surface area contributed by atoms with E-state index < -0.39 is 11.6 Å². The number of likely N-dealkylation sites (tertiary alicyclic amines) is 1. The fourth-order valence-corrected chi connectivity index (χ4v) is 5.42. The molecule has 144 valence electrons. The highest BCUT2D eigenvalue weighted by Crippen LogP contribution is 2.51. The zero-order valence-electron chi connectivity index (χ0n) is 15.8. The molecule has 3 fully saturated rings. The predicted molar refractivity (Wildman–Crippen MR) is 106 cm³/mol. The first-order valence-corrected chi connectivity index (χ1v) is 10.1. The number of hydrogen-bond donors (Lipinski definition) is 2. The van der Waals surface area contributed by atoms with Gasteiger partial charge in [0.05, 0.1) is 11.5 Å². The number of hydrogen-bond acceptors (Lipinski definition) is 3. The molecule has 1 spiro atoms. The molecular weight excluding hydrogens is 350 g/mol. The molecule has 0 radical (unpaired) electrons. The maximum absolute atomic E-state index is 13.3. The van der Waals surface area contributed by atoms with Crippen molar-refractivity contribution < 1.29 is 9.59 Å². The van der Waals surface area contributed by atoms with Crippen molar-refractivity contribution in [1.29, 1.82) is 0 Å². The van der Waals surface area contributed by atoms with E-state index in [9.17, 15) is 9.59 Å². The zero-order chi connectivity index (χ0) is 19.1. The first kappa shape index (κ1) is 17.4. The predicted octanol–water partition coefficient (Wildman–Crippen LogP) is 2.22. The number of rotatable bonds is 5. The Kier molecular flexibility index (Phi) is 4.20. The lowest BCUT2D eigenvalue weighted by molar-refractivity contribution is -0.137. The van der Waals surface area contributed by atoms with Gasteiger partial charge in [0.2, 0.25) is 11.8 Å². The number of fused-ring (bicyclic) bond motifs is 1. The molecule has 2 bridgehead atoms. The second-order valence-corrected chi connectivity index (χ2v) is 8.27. The van der Waals surface area contributed by atoms with Crippen LogP contribution in [0.4, 0.5) is 0 Å². The second kappa shape index (κ2) is 6.74. The van der Waals surface area contributed by atoms with Crippen LogP contribution < -0.4 is 10.6 Å². The van der Waals surface area contributed by atoms with Gasteiger partial charge in [0.15, 0.2) is 0 Å². The fraction of sp³-hybridized carbons (Fsp3) is 0.391. The van der Waals surface area contributed by atoms with E-state index in [1.165, 1.54) is 0 Å². The molecule has 5 nitrogen and oxygen atoms in total. The average molecular weight is 375 g/mol. The standard InChI is InChI=1S/C23H25N3O2/c27-21(24-14-16-7-3-1-4-8-16)20-23-12-11-18(25-23)13-19(23)22(28)26(20)15-17-9-5-2-6-10-17/h1-10,18-20,25H,11-15H2,(H,24,27). The van der Waals surface area contributed by atoms with Crippen molar-refractivity contribution in [3.05, 3.63) is 71.8 Å². The summed E-state index contributed by atoms with van der Waals surface area (Å²) in [4.78, 5) is 28.4. The molecule has 0 aliphatic carbocycles. The van der Waals surface area contributed by atoms with Gasteiger partial charge < -0.3 is 15.5 Å². The zero-order valence-corrected chi connectivity index (χ0v) is 15.8. The number of benzene rings is 2. The monoisotopic (exact) mass is 375 g/mol. The molecule has 2 N–H and O–H groups in total. The maximum atomic E-state index is 13.3. The van der Waals surface area contributed by atoms with Crippen LogP contribution in [0.25, 0.3) is 0 Å². The van der Waals surface area contributed by atoms with Crippen molar-refractivity contribution in [2.75, 3.05) is 0 Å². The van der Waals surface area contributed by atoms with Crippen molar-refractivity contribution in [2.24, 2.45) is 5.92 Å². The van der Waals surface area contributed by atoms with Crippen molar-refractivity contribution >= 4 is 11.8 Å². The molecule has 3 saturated heterocycles. The van der Waals surface area contributed by atoms with Gasteiger partial charge in [0, 0.05) is 19.1 Å². The molecular formula is C23H25N3O2. The van der Waals surface area contributed by atoms with Gasteiger partial charge in [0.25, 0.3) is 0 Å². The van der Waals surface area contributed by atoms with Crippen LogP contribution in [-0.4, -0.2) is 34.3 Å². The highest BCUT2D eigenvalue weighted by molar-refractivity contribution is 5.96. The Morgan fingerprint density at radius 2 is 1.75 bits per heavy atom. The number of carbonyl (C=O) groups is 2. The van der Waals surface area contributed by atoms with E-state index in [2.05, 4.69) is 10.6 Å². The maximum Gasteiger partial charge on any atom is 0.245 e. The summed E-state index contributed by atoms with van der Waals surface area (Å²) in [6.45, 7) is 0.960. The molecule has 3 heterocycles. The van der Waals surface area contributed by atoms with Crippen LogP contribution in [0, 0.1) is 5.92 Å². The summed E-state index contributed by atoms with van der Waals surface area (Å²) in [5, 5.41) is 6.75. The van der Waals surface area contributed by atoms with Gasteiger partial charge in [-0.25, -0.2) is 0 Å².